The van der Waals surface area contributed by atoms with Crippen molar-refractivity contribution in [3.05, 3.63) is 0 Å². The summed E-state index contributed by atoms with van der Waals surface area (Å²) in [5, 5.41) is 3.59. The Bertz CT molecular complexity index is 382. The van der Waals surface area contributed by atoms with Crippen molar-refractivity contribution < 1.29 is 4.79 Å². The lowest BCUT2D eigenvalue weighted by Crippen LogP contribution is -2.61. The molecule has 0 spiro atoms. The molecule has 0 aromatic rings. The average Bonchev–Trinajstić information content (AvgIpc) is 3.14. The quantitative estimate of drug-likeness (QED) is 0.788. The Balaban J connectivity index is 1.62. The SMILES string of the molecule is CCCC1CCN(C2CCCC(NC3CC3)(C(N)=O)C2)C1. The van der Waals surface area contributed by atoms with E-state index < -0.39 is 5.54 Å². The summed E-state index contributed by atoms with van der Waals surface area (Å²) >= 11 is 0. The molecule has 3 aliphatic rings. The fourth-order valence-corrected chi connectivity index (χ4v) is 4.44. The third kappa shape index (κ3) is 3.42. The van der Waals surface area contributed by atoms with Crippen molar-refractivity contribution in [3.8, 4) is 0 Å². The van der Waals surface area contributed by atoms with Crippen molar-refractivity contribution in [2.45, 2.75) is 82.3 Å². The number of primary amides is 1. The second-order valence-electron chi connectivity index (χ2n) is 7.55. The Kier molecular flexibility index (Phi) is 4.55. The van der Waals surface area contributed by atoms with E-state index in [1.165, 1.54) is 51.6 Å². The maximum atomic E-state index is 12.1. The lowest BCUT2D eigenvalue weighted by Gasteiger charge is -2.42. The smallest absolute Gasteiger partial charge is 0.237 e. The summed E-state index contributed by atoms with van der Waals surface area (Å²) < 4.78 is 0. The van der Waals surface area contributed by atoms with E-state index in [2.05, 4.69) is 17.1 Å². The first kappa shape index (κ1) is 15.3. The number of amides is 1. The molecule has 3 atom stereocenters. The van der Waals surface area contributed by atoms with Crippen LogP contribution >= 0.6 is 0 Å². The molecular formula is C17H31N3O. The second-order valence-corrected chi connectivity index (χ2v) is 7.55. The van der Waals surface area contributed by atoms with Crippen LogP contribution in [-0.4, -0.2) is 41.5 Å². The van der Waals surface area contributed by atoms with Gasteiger partial charge in [-0.3, -0.25) is 4.79 Å². The number of hydrogen-bond acceptors (Lipinski definition) is 3. The highest BCUT2D eigenvalue weighted by Gasteiger charge is 2.46. The maximum Gasteiger partial charge on any atom is 0.237 e. The van der Waals surface area contributed by atoms with Crippen LogP contribution in [0.3, 0.4) is 0 Å². The molecule has 2 saturated carbocycles. The molecule has 4 nitrogen and oxygen atoms in total. The van der Waals surface area contributed by atoms with Gasteiger partial charge in [-0.1, -0.05) is 13.3 Å². The highest BCUT2D eigenvalue weighted by atomic mass is 16.1. The van der Waals surface area contributed by atoms with Gasteiger partial charge in [0.2, 0.25) is 5.91 Å². The molecule has 0 aromatic carbocycles. The average molecular weight is 293 g/mol. The largest absolute Gasteiger partial charge is 0.368 e. The van der Waals surface area contributed by atoms with Gasteiger partial charge in [0.1, 0.15) is 0 Å². The van der Waals surface area contributed by atoms with Gasteiger partial charge >= 0.3 is 0 Å². The van der Waals surface area contributed by atoms with Crippen LogP contribution in [0.5, 0.6) is 0 Å². The number of likely N-dealkylation sites (tertiary alicyclic amines) is 1. The number of nitrogens with one attached hydrogen (secondary N) is 1. The van der Waals surface area contributed by atoms with E-state index >= 15 is 0 Å². The number of nitrogens with two attached hydrogens (primary N) is 1. The minimum atomic E-state index is -0.424. The van der Waals surface area contributed by atoms with E-state index in [0.717, 1.165) is 25.2 Å². The van der Waals surface area contributed by atoms with Crippen LogP contribution < -0.4 is 11.1 Å². The Morgan fingerprint density at radius 2 is 2.14 bits per heavy atom. The van der Waals surface area contributed by atoms with Gasteiger partial charge in [0, 0.05) is 18.6 Å². The van der Waals surface area contributed by atoms with Crippen LogP contribution in [0.4, 0.5) is 0 Å². The van der Waals surface area contributed by atoms with Crippen molar-refractivity contribution in [2.75, 3.05) is 13.1 Å². The van der Waals surface area contributed by atoms with Crippen LogP contribution in [0.15, 0.2) is 0 Å². The fourth-order valence-electron chi connectivity index (χ4n) is 4.44. The number of hydrogen-bond donors (Lipinski definition) is 2. The third-order valence-electron chi connectivity index (χ3n) is 5.79. The van der Waals surface area contributed by atoms with E-state index in [1.807, 2.05) is 0 Å². The molecule has 3 N–H and O–H groups in total. The molecule has 0 aromatic heterocycles. The van der Waals surface area contributed by atoms with E-state index in [1.54, 1.807) is 0 Å². The molecule has 120 valence electrons. The molecule has 3 fully saturated rings. The van der Waals surface area contributed by atoms with Gasteiger partial charge in [-0.15, -0.1) is 0 Å². The minimum Gasteiger partial charge on any atom is -0.368 e. The minimum absolute atomic E-state index is 0.122. The first-order valence-corrected chi connectivity index (χ1v) is 8.94. The monoisotopic (exact) mass is 293 g/mol. The number of nitrogens with zero attached hydrogens (tertiary/aromatic N) is 1. The Hall–Kier alpha value is -0.610. The zero-order valence-electron chi connectivity index (χ0n) is 13.4. The van der Waals surface area contributed by atoms with Crippen LogP contribution in [0.1, 0.15) is 64.7 Å². The summed E-state index contributed by atoms with van der Waals surface area (Å²) in [6, 6.07) is 1.10. The Morgan fingerprint density at radius 1 is 1.33 bits per heavy atom. The number of carbonyl (C=O) groups excluding carboxylic acids is 1. The predicted octanol–water partition coefficient (Wildman–Crippen LogP) is 2.03. The predicted molar refractivity (Wildman–Crippen MR) is 84.9 cm³/mol. The molecule has 1 aliphatic heterocycles. The van der Waals surface area contributed by atoms with Gasteiger partial charge in [-0.05, 0) is 63.8 Å². The van der Waals surface area contributed by atoms with E-state index in [-0.39, 0.29) is 5.91 Å². The third-order valence-corrected chi connectivity index (χ3v) is 5.79. The van der Waals surface area contributed by atoms with Crippen molar-refractivity contribution >= 4 is 5.91 Å². The molecule has 0 bridgehead atoms. The van der Waals surface area contributed by atoms with Gasteiger partial charge in [-0.25, -0.2) is 0 Å². The van der Waals surface area contributed by atoms with Crippen LogP contribution in [0.2, 0.25) is 0 Å². The zero-order valence-corrected chi connectivity index (χ0v) is 13.4. The van der Waals surface area contributed by atoms with E-state index in [4.69, 9.17) is 5.73 Å². The molecule has 3 rings (SSSR count). The molecule has 1 amide bonds. The van der Waals surface area contributed by atoms with Gasteiger partial charge < -0.3 is 16.0 Å². The number of carbonyl (C=O) groups is 1. The lowest BCUT2D eigenvalue weighted by molar-refractivity contribution is -0.126. The lowest BCUT2D eigenvalue weighted by atomic mass is 9.77. The van der Waals surface area contributed by atoms with Gasteiger partial charge in [-0.2, -0.15) is 0 Å². The summed E-state index contributed by atoms with van der Waals surface area (Å²) in [7, 11) is 0. The standard InChI is InChI=1S/C17H31N3O/c1-2-4-13-8-10-20(12-13)15-5-3-9-17(11-15,16(18)21)19-14-6-7-14/h13-15,19H,2-12H2,1H3,(H2,18,21). The summed E-state index contributed by atoms with van der Waals surface area (Å²) in [4.78, 5) is 14.8. The zero-order chi connectivity index (χ0) is 14.9. The normalized spacial score (nSPS) is 37.8. The van der Waals surface area contributed by atoms with Crippen LogP contribution in [0, 0.1) is 5.92 Å². The van der Waals surface area contributed by atoms with Gasteiger partial charge in [0.15, 0.2) is 0 Å². The summed E-state index contributed by atoms with van der Waals surface area (Å²) in [5.74, 6) is 0.750. The second kappa shape index (κ2) is 6.25. The molecular weight excluding hydrogens is 262 g/mol. The molecule has 21 heavy (non-hydrogen) atoms. The maximum absolute atomic E-state index is 12.1. The molecule has 2 aliphatic carbocycles. The highest BCUT2D eigenvalue weighted by Crippen LogP contribution is 2.36. The molecule has 0 radical (unpaired) electrons. The summed E-state index contributed by atoms with van der Waals surface area (Å²) in [6.45, 7) is 4.73. The molecule has 4 heteroatoms. The highest BCUT2D eigenvalue weighted by molar-refractivity contribution is 5.85. The topological polar surface area (TPSA) is 58.4 Å². The van der Waals surface area contributed by atoms with E-state index in [0.29, 0.717) is 12.1 Å². The van der Waals surface area contributed by atoms with Crippen molar-refractivity contribution in [3.63, 3.8) is 0 Å². The Morgan fingerprint density at radius 3 is 2.81 bits per heavy atom. The van der Waals surface area contributed by atoms with Crippen molar-refractivity contribution in [1.82, 2.24) is 10.2 Å². The first-order chi connectivity index (χ1) is 10.1. The molecule has 3 unspecified atom stereocenters. The van der Waals surface area contributed by atoms with E-state index in [9.17, 15) is 4.79 Å². The Labute approximate surface area is 128 Å². The van der Waals surface area contributed by atoms with Crippen molar-refractivity contribution in [1.29, 1.82) is 0 Å². The van der Waals surface area contributed by atoms with Crippen LogP contribution in [-0.2, 0) is 4.79 Å². The summed E-state index contributed by atoms with van der Waals surface area (Å²) in [5.41, 5.74) is 5.37. The molecule has 1 heterocycles. The summed E-state index contributed by atoms with van der Waals surface area (Å²) in [6.07, 6.45) is 10.6. The van der Waals surface area contributed by atoms with Gasteiger partial charge in [0.25, 0.3) is 0 Å². The van der Waals surface area contributed by atoms with Gasteiger partial charge in [0.05, 0.1) is 5.54 Å². The van der Waals surface area contributed by atoms with Crippen LogP contribution in [0.25, 0.3) is 0 Å². The van der Waals surface area contributed by atoms with Crippen molar-refractivity contribution in [2.24, 2.45) is 11.7 Å². The molecule has 1 saturated heterocycles. The fraction of sp³-hybridized carbons (Fsp3) is 0.941. The number of rotatable bonds is 6. The first-order valence-electron chi connectivity index (χ1n) is 8.94.